The molecule has 2 heterocycles. The Labute approximate surface area is 106 Å². The number of rotatable bonds is 2. The van der Waals surface area contributed by atoms with E-state index in [0.29, 0.717) is 6.42 Å². The summed E-state index contributed by atoms with van der Waals surface area (Å²) in [7, 11) is 0. The Balaban J connectivity index is 1.79. The number of pyridine rings is 1. The van der Waals surface area contributed by atoms with Gasteiger partial charge in [0, 0.05) is 24.6 Å². The minimum absolute atomic E-state index is 0.138. The molecule has 0 N–H and O–H groups in total. The van der Waals surface area contributed by atoms with Gasteiger partial charge in [-0.25, -0.2) is 0 Å². The van der Waals surface area contributed by atoms with Gasteiger partial charge in [0.25, 0.3) is 0 Å². The topological polar surface area (TPSA) is 33.2 Å². The predicted molar refractivity (Wildman–Crippen MR) is 69.3 cm³/mol. The van der Waals surface area contributed by atoms with Crippen LogP contribution in [0, 0.1) is 6.07 Å². The molecule has 2 aromatic rings. The Bertz CT molecular complexity index is 566. The maximum atomic E-state index is 12.3. The van der Waals surface area contributed by atoms with Crippen LogP contribution >= 0.6 is 0 Å². The van der Waals surface area contributed by atoms with Gasteiger partial charge in [0.05, 0.1) is 6.42 Å². The molecule has 0 spiro atoms. The van der Waals surface area contributed by atoms with Gasteiger partial charge in [-0.3, -0.25) is 9.78 Å². The number of hydrogen-bond acceptors (Lipinski definition) is 2. The highest BCUT2D eigenvalue weighted by atomic mass is 16.2. The van der Waals surface area contributed by atoms with Gasteiger partial charge in [0.15, 0.2) is 0 Å². The molecule has 0 atom stereocenters. The van der Waals surface area contributed by atoms with E-state index in [4.69, 9.17) is 0 Å². The van der Waals surface area contributed by atoms with Gasteiger partial charge in [-0.05, 0) is 41.8 Å². The second kappa shape index (κ2) is 4.61. The van der Waals surface area contributed by atoms with E-state index in [-0.39, 0.29) is 5.91 Å². The first-order chi connectivity index (χ1) is 8.84. The van der Waals surface area contributed by atoms with Gasteiger partial charge in [-0.15, -0.1) is 0 Å². The van der Waals surface area contributed by atoms with Crippen molar-refractivity contribution in [2.45, 2.75) is 12.8 Å². The summed E-state index contributed by atoms with van der Waals surface area (Å²) < 4.78 is 0. The SMILES string of the molecule is O=C(Cc1ccncc1)N1CCc2cc[c]cc21. The number of anilines is 1. The van der Waals surface area contributed by atoms with Crippen molar-refractivity contribution in [1.82, 2.24) is 4.98 Å². The Morgan fingerprint density at radius 3 is 3.00 bits per heavy atom. The van der Waals surface area contributed by atoms with Crippen molar-refractivity contribution in [2.24, 2.45) is 0 Å². The summed E-state index contributed by atoms with van der Waals surface area (Å²) in [4.78, 5) is 18.1. The Morgan fingerprint density at radius 2 is 2.17 bits per heavy atom. The second-order valence-corrected chi connectivity index (χ2v) is 4.38. The van der Waals surface area contributed by atoms with Gasteiger partial charge in [0.2, 0.25) is 5.91 Å². The number of benzene rings is 1. The van der Waals surface area contributed by atoms with Crippen LogP contribution in [-0.2, 0) is 17.6 Å². The normalized spacial score (nSPS) is 13.4. The number of carbonyl (C=O) groups excluding carboxylic acids is 1. The molecule has 0 aliphatic carbocycles. The van der Waals surface area contributed by atoms with E-state index in [1.807, 2.05) is 35.2 Å². The molecule has 0 fully saturated rings. The van der Waals surface area contributed by atoms with Gasteiger partial charge >= 0.3 is 0 Å². The van der Waals surface area contributed by atoms with E-state index in [2.05, 4.69) is 11.1 Å². The highest BCUT2D eigenvalue weighted by molar-refractivity contribution is 5.96. The average molecular weight is 237 g/mol. The van der Waals surface area contributed by atoms with Gasteiger partial charge in [0.1, 0.15) is 0 Å². The number of nitrogens with zero attached hydrogens (tertiary/aromatic N) is 2. The lowest BCUT2D eigenvalue weighted by Gasteiger charge is -2.17. The largest absolute Gasteiger partial charge is 0.312 e. The van der Waals surface area contributed by atoms with Crippen LogP contribution < -0.4 is 4.90 Å². The third kappa shape index (κ3) is 1.99. The Hall–Kier alpha value is -2.16. The molecule has 1 amide bonds. The minimum Gasteiger partial charge on any atom is -0.312 e. The van der Waals surface area contributed by atoms with Crippen LogP contribution in [0.3, 0.4) is 0 Å². The lowest BCUT2D eigenvalue weighted by molar-refractivity contribution is -0.117. The van der Waals surface area contributed by atoms with Crippen molar-refractivity contribution >= 4 is 11.6 Å². The molecule has 89 valence electrons. The maximum Gasteiger partial charge on any atom is 0.231 e. The summed E-state index contributed by atoms with van der Waals surface area (Å²) in [6.45, 7) is 0.775. The lowest BCUT2D eigenvalue weighted by atomic mass is 10.1. The van der Waals surface area contributed by atoms with Crippen LogP contribution in [0.2, 0.25) is 0 Å². The van der Waals surface area contributed by atoms with E-state index in [0.717, 1.165) is 24.2 Å². The average Bonchev–Trinajstić information content (AvgIpc) is 2.84. The smallest absolute Gasteiger partial charge is 0.231 e. The quantitative estimate of drug-likeness (QED) is 0.800. The Kier molecular flexibility index (Phi) is 2.81. The zero-order valence-electron chi connectivity index (χ0n) is 9.97. The number of amides is 1. The molecular weight excluding hydrogens is 224 g/mol. The van der Waals surface area contributed by atoms with Crippen molar-refractivity contribution in [3.05, 3.63) is 59.9 Å². The van der Waals surface area contributed by atoms with Crippen LogP contribution in [0.5, 0.6) is 0 Å². The molecule has 1 aliphatic heterocycles. The Morgan fingerprint density at radius 1 is 1.33 bits per heavy atom. The number of hydrogen-bond donors (Lipinski definition) is 0. The standard InChI is InChI=1S/C15H13N2O/c18-15(11-12-5-8-16-9-6-12)17-10-7-13-3-1-2-4-14(13)17/h1,3-6,8-9H,7,10-11H2. The first kappa shape index (κ1) is 11.0. The summed E-state index contributed by atoms with van der Waals surface area (Å²) in [5.41, 5.74) is 3.25. The molecule has 1 aromatic carbocycles. The molecule has 0 bridgehead atoms. The maximum absolute atomic E-state index is 12.3. The molecule has 0 saturated heterocycles. The van der Waals surface area contributed by atoms with E-state index in [1.165, 1.54) is 5.56 Å². The zero-order chi connectivity index (χ0) is 12.4. The van der Waals surface area contributed by atoms with Crippen molar-refractivity contribution in [2.75, 3.05) is 11.4 Å². The monoisotopic (exact) mass is 237 g/mol. The fraction of sp³-hybridized carbons (Fsp3) is 0.200. The van der Waals surface area contributed by atoms with Crippen molar-refractivity contribution in [3.63, 3.8) is 0 Å². The number of aromatic nitrogens is 1. The first-order valence-electron chi connectivity index (χ1n) is 6.03. The van der Waals surface area contributed by atoms with E-state index in [9.17, 15) is 4.79 Å². The predicted octanol–water partition coefficient (Wildman–Crippen LogP) is 2.01. The van der Waals surface area contributed by atoms with Crippen molar-refractivity contribution in [1.29, 1.82) is 0 Å². The summed E-state index contributed by atoms with van der Waals surface area (Å²) in [6.07, 6.45) is 4.80. The molecule has 18 heavy (non-hydrogen) atoms. The molecule has 1 aliphatic rings. The highest BCUT2D eigenvalue weighted by Gasteiger charge is 2.23. The second-order valence-electron chi connectivity index (χ2n) is 4.38. The number of carbonyl (C=O) groups is 1. The molecule has 1 radical (unpaired) electrons. The van der Waals surface area contributed by atoms with Crippen LogP contribution in [-0.4, -0.2) is 17.4 Å². The molecule has 0 unspecified atom stereocenters. The van der Waals surface area contributed by atoms with Crippen LogP contribution in [0.15, 0.2) is 42.7 Å². The van der Waals surface area contributed by atoms with E-state index in [1.54, 1.807) is 12.4 Å². The van der Waals surface area contributed by atoms with Crippen LogP contribution in [0.1, 0.15) is 11.1 Å². The van der Waals surface area contributed by atoms with E-state index < -0.39 is 0 Å². The number of fused-ring (bicyclic) bond motifs is 1. The minimum atomic E-state index is 0.138. The molecule has 3 heteroatoms. The van der Waals surface area contributed by atoms with Crippen molar-refractivity contribution < 1.29 is 4.79 Å². The van der Waals surface area contributed by atoms with Gasteiger partial charge in [-0.1, -0.05) is 12.1 Å². The van der Waals surface area contributed by atoms with Crippen LogP contribution in [0.25, 0.3) is 0 Å². The molecule has 0 saturated carbocycles. The summed E-state index contributed by atoms with van der Waals surface area (Å²) in [5.74, 6) is 0.138. The third-order valence-corrected chi connectivity index (χ3v) is 3.23. The summed E-state index contributed by atoms with van der Waals surface area (Å²) >= 11 is 0. The van der Waals surface area contributed by atoms with Gasteiger partial charge in [-0.2, -0.15) is 0 Å². The van der Waals surface area contributed by atoms with E-state index >= 15 is 0 Å². The fourth-order valence-corrected chi connectivity index (χ4v) is 2.30. The summed E-state index contributed by atoms with van der Waals surface area (Å²) in [6, 6.07) is 12.6. The molecule has 3 nitrogen and oxygen atoms in total. The first-order valence-corrected chi connectivity index (χ1v) is 6.03. The highest BCUT2D eigenvalue weighted by Crippen LogP contribution is 2.27. The fourth-order valence-electron chi connectivity index (χ4n) is 2.30. The zero-order valence-corrected chi connectivity index (χ0v) is 9.97. The third-order valence-electron chi connectivity index (χ3n) is 3.23. The molecular formula is C15H13N2O. The lowest BCUT2D eigenvalue weighted by Crippen LogP contribution is -2.30. The molecule has 3 rings (SSSR count). The summed E-state index contributed by atoms with van der Waals surface area (Å²) in [5, 5.41) is 0. The van der Waals surface area contributed by atoms with Gasteiger partial charge < -0.3 is 4.90 Å². The van der Waals surface area contributed by atoms with Crippen LogP contribution in [0.4, 0.5) is 5.69 Å². The van der Waals surface area contributed by atoms with Crippen molar-refractivity contribution in [3.8, 4) is 0 Å². The molecule has 1 aromatic heterocycles.